The molecule has 7 nitrogen and oxygen atoms in total. The number of aromatic nitrogens is 3. The van der Waals surface area contributed by atoms with Gasteiger partial charge in [-0.3, -0.25) is 4.98 Å². The molecule has 1 saturated heterocycles. The molecule has 1 aliphatic rings. The van der Waals surface area contributed by atoms with Gasteiger partial charge in [0.05, 0.1) is 21.8 Å². The van der Waals surface area contributed by atoms with Crippen LogP contribution in [-0.2, 0) is 7.05 Å². The lowest BCUT2D eigenvalue weighted by Crippen LogP contribution is -2.44. The summed E-state index contributed by atoms with van der Waals surface area (Å²) in [5.74, 6) is 0.799. The molecule has 0 atom stereocenters. The molecule has 0 saturated carbocycles. The highest BCUT2D eigenvalue weighted by molar-refractivity contribution is 6.33. The average molecular weight is 512 g/mol. The van der Waals surface area contributed by atoms with Gasteiger partial charge in [-0.1, -0.05) is 35.9 Å². The van der Waals surface area contributed by atoms with Crippen LogP contribution in [0.5, 0.6) is 0 Å². The largest absolute Gasteiger partial charge is 0.354 e. The van der Waals surface area contributed by atoms with Crippen molar-refractivity contribution in [1.29, 1.82) is 5.26 Å². The van der Waals surface area contributed by atoms with Gasteiger partial charge in [0.1, 0.15) is 11.9 Å². The number of pyridine rings is 1. The van der Waals surface area contributed by atoms with Crippen LogP contribution in [0.15, 0.2) is 61.1 Å². The fourth-order valence-corrected chi connectivity index (χ4v) is 4.89. The molecule has 2 aromatic heterocycles. The Hall–Kier alpha value is -3.70. The molecule has 37 heavy (non-hydrogen) atoms. The number of rotatable bonds is 7. The lowest BCUT2D eigenvalue weighted by molar-refractivity contribution is 0.156. The first-order valence-corrected chi connectivity index (χ1v) is 12.8. The summed E-state index contributed by atoms with van der Waals surface area (Å²) in [6.07, 6.45) is 10.7. The SMILES string of the molecule is CN1CCN(CC/C=C/c2ccc3c(Nc4ccc(-c5nccn5C)c(Cl)c4)c(C#N)cnc3c2)CC1. The van der Waals surface area contributed by atoms with Gasteiger partial charge in [0.2, 0.25) is 0 Å². The number of aryl methyl sites for hydroxylation is 1. The lowest BCUT2D eigenvalue weighted by Gasteiger charge is -2.32. The molecule has 0 amide bonds. The zero-order valence-corrected chi connectivity index (χ0v) is 21.9. The molecule has 2 aromatic carbocycles. The number of halogens is 1. The van der Waals surface area contributed by atoms with E-state index in [9.17, 15) is 5.26 Å². The number of nitriles is 1. The van der Waals surface area contributed by atoms with Gasteiger partial charge >= 0.3 is 0 Å². The van der Waals surface area contributed by atoms with Crippen LogP contribution >= 0.6 is 11.6 Å². The van der Waals surface area contributed by atoms with E-state index in [1.165, 1.54) is 0 Å². The Kier molecular flexibility index (Phi) is 7.52. The van der Waals surface area contributed by atoms with E-state index in [0.717, 1.165) is 78.4 Å². The van der Waals surface area contributed by atoms with Crippen LogP contribution in [0.2, 0.25) is 5.02 Å². The van der Waals surface area contributed by atoms with Crippen molar-refractivity contribution < 1.29 is 0 Å². The molecule has 1 aliphatic heterocycles. The van der Waals surface area contributed by atoms with Crippen LogP contribution in [-0.4, -0.2) is 64.1 Å². The molecule has 1 fully saturated rings. The number of fused-ring (bicyclic) bond motifs is 1. The Morgan fingerprint density at radius 2 is 1.92 bits per heavy atom. The van der Waals surface area contributed by atoms with Crippen molar-refractivity contribution in [1.82, 2.24) is 24.3 Å². The predicted molar refractivity (Wildman–Crippen MR) is 151 cm³/mol. The summed E-state index contributed by atoms with van der Waals surface area (Å²) in [4.78, 5) is 13.8. The third-order valence-corrected chi connectivity index (χ3v) is 7.15. The summed E-state index contributed by atoms with van der Waals surface area (Å²) in [7, 11) is 4.12. The Bertz CT molecular complexity index is 1480. The lowest BCUT2D eigenvalue weighted by atomic mass is 10.1. The van der Waals surface area contributed by atoms with Crippen molar-refractivity contribution in [3.8, 4) is 17.5 Å². The van der Waals surface area contributed by atoms with Crippen molar-refractivity contribution in [2.45, 2.75) is 6.42 Å². The Labute approximate surface area is 222 Å². The summed E-state index contributed by atoms with van der Waals surface area (Å²) in [6.45, 7) is 5.64. The first kappa shape index (κ1) is 25.0. The Morgan fingerprint density at radius 3 is 2.65 bits per heavy atom. The second kappa shape index (κ2) is 11.1. The number of imidazole rings is 1. The van der Waals surface area contributed by atoms with Gasteiger partial charge in [-0.25, -0.2) is 4.98 Å². The summed E-state index contributed by atoms with van der Waals surface area (Å²) >= 11 is 6.60. The first-order valence-electron chi connectivity index (χ1n) is 12.5. The monoisotopic (exact) mass is 511 g/mol. The van der Waals surface area contributed by atoms with E-state index in [1.54, 1.807) is 12.4 Å². The van der Waals surface area contributed by atoms with E-state index >= 15 is 0 Å². The molecule has 5 rings (SSSR count). The minimum absolute atomic E-state index is 0.479. The standard InChI is InChI=1S/C29H30ClN7/c1-35-13-15-37(16-14-35)11-4-3-5-21-6-8-25-27(17-21)33-20-22(19-31)28(25)34-23-7-9-24(26(30)18-23)29-32-10-12-36(29)2/h3,5-10,12,17-18,20H,4,11,13-16H2,1-2H3,(H,33,34)/b5-3+. The van der Waals surface area contributed by atoms with Crippen molar-refractivity contribution in [3.63, 3.8) is 0 Å². The maximum Gasteiger partial charge on any atom is 0.141 e. The fourth-order valence-electron chi connectivity index (χ4n) is 4.63. The molecule has 0 spiro atoms. The summed E-state index contributed by atoms with van der Waals surface area (Å²) < 4.78 is 1.93. The molecule has 1 N–H and O–H groups in total. The molecular weight excluding hydrogens is 482 g/mol. The maximum absolute atomic E-state index is 9.75. The molecule has 188 valence electrons. The van der Waals surface area contributed by atoms with Crippen molar-refractivity contribution in [2.24, 2.45) is 7.05 Å². The topological polar surface area (TPSA) is 73.0 Å². The zero-order chi connectivity index (χ0) is 25.8. The van der Waals surface area contributed by atoms with Crippen LogP contribution in [0.1, 0.15) is 17.5 Å². The molecule has 8 heteroatoms. The van der Waals surface area contributed by atoms with Gasteiger partial charge < -0.3 is 19.7 Å². The predicted octanol–water partition coefficient (Wildman–Crippen LogP) is 5.55. The number of hydrogen-bond acceptors (Lipinski definition) is 6. The molecule has 4 aromatic rings. The van der Waals surface area contributed by atoms with Gasteiger partial charge in [-0.15, -0.1) is 0 Å². The quantitative estimate of drug-likeness (QED) is 0.350. The average Bonchev–Trinajstić information content (AvgIpc) is 3.33. The van der Waals surface area contributed by atoms with E-state index in [1.807, 2.05) is 42.1 Å². The van der Waals surface area contributed by atoms with Gasteiger partial charge in [0, 0.05) is 75.0 Å². The Balaban J connectivity index is 1.33. The second-order valence-corrected chi connectivity index (χ2v) is 9.86. The molecule has 0 radical (unpaired) electrons. The van der Waals surface area contributed by atoms with Crippen LogP contribution in [0.25, 0.3) is 28.4 Å². The van der Waals surface area contributed by atoms with Crippen molar-refractivity contribution in [3.05, 3.63) is 77.2 Å². The molecular formula is C29H30ClN7. The third kappa shape index (κ3) is 5.67. The molecule has 3 heterocycles. The van der Waals surface area contributed by atoms with E-state index in [4.69, 9.17) is 11.6 Å². The molecule has 0 bridgehead atoms. The summed E-state index contributed by atoms with van der Waals surface area (Å²) in [6, 6.07) is 14.2. The number of likely N-dealkylation sites (N-methyl/N-ethyl adjacent to an activating group) is 1. The van der Waals surface area contributed by atoms with Crippen LogP contribution in [0.3, 0.4) is 0 Å². The number of anilines is 2. The van der Waals surface area contributed by atoms with E-state index in [2.05, 4.69) is 62.5 Å². The Morgan fingerprint density at radius 1 is 1.08 bits per heavy atom. The maximum atomic E-state index is 9.75. The van der Waals surface area contributed by atoms with Crippen LogP contribution in [0.4, 0.5) is 11.4 Å². The minimum atomic E-state index is 0.479. The highest BCUT2D eigenvalue weighted by Gasteiger charge is 2.14. The highest BCUT2D eigenvalue weighted by atomic mass is 35.5. The highest BCUT2D eigenvalue weighted by Crippen LogP contribution is 2.33. The molecule has 0 unspecified atom stereocenters. The van der Waals surface area contributed by atoms with Crippen LogP contribution in [0, 0.1) is 11.3 Å². The summed E-state index contributed by atoms with van der Waals surface area (Å²) in [5, 5.41) is 14.6. The molecule has 0 aliphatic carbocycles. The smallest absolute Gasteiger partial charge is 0.141 e. The number of piperazine rings is 1. The zero-order valence-electron chi connectivity index (χ0n) is 21.2. The van der Waals surface area contributed by atoms with E-state index in [0.29, 0.717) is 10.6 Å². The number of hydrogen-bond donors (Lipinski definition) is 1. The summed E-state index contributed by atoms with van der Waals surface area (Å²) in [5.41, 5.74) is 4.77. The normalized spacial score (nSPS) is 14.9. The first-order chi connectivity index (χ1) is 18.0. The fraction of sp³-hybridized carbons (Fsp3) is 0.276. The van der Waals surface area contributed by atoms with E-state index in [-0.39, 0.29) is 0 Å². The second-order valence-electron chi connectivity index (χ2n) is 9.45. The number of benzene rings is 2. The van der Waals surface area contributed by atoms with Gasteiger partial charge in [-0.2, -0.15) is 5.26 Å². The van der Waals surface area contributed by atoms with Crippen molar-refractivity contribution >= 4 is 40.0 Å². The van der Waals surface area contributed by atoms with E-state index < -0.39 is 0 Å². The number of nitrogens with zero attached hydrogens (tertiary/aromatic N) is 6. The van der Waals surface area contributed by atoms with Crippen molar-refractivity contribution in [2.75, 3.05) is 45.1 Å². The van der Waals surface area contributed by atoms with Gasteiger partial charge in [0.25, 0.3) is 0 Å². The number of nitrogens with one attached hydrogen (secondary N) is 1. The van der Waals surface area contributed by atoms with Gasteiger partial charge in [0.15, 0.2) is 0 Å². The van der Waals surface area contributed by atoms with Gasteiger partial charge in [-0.05, 0) is 43.3 Å². The third-order valence-electron chi connectivity index (χ3n) is 6.83. The van der Waals surface area contributed by atoms with Crippen LogP contribution < -0.4 is 5.32 Å². The minimum Gasteiger partial charge on any atom is -0.354 e.